The first-order valence-electron chi connectivity index (χ1n) is 9.40. The number of nitrogens with zero attached hydrogens (tertiary/aromatic N) is 1. The van der Waals surface area contributed by atoms with Crippen LogP contribution in [0.15, 0.2) is 53.9 Å². The van der Waals surface area contributed by atoms with Crippen molar-refractivity contribution in [3.63, 3.8) is 0 Å². The van der Waals surface area contributed by atoms with Crippen molar-refractivity contribution in [1.82, 2.24) is 4.98 Å². The van der Waals surface area contributed by atoms with Gasteiger partial charge in [-0.1, -0.05) is 11.6 Å². The van der Waals surface area contributed by atoms with Gasteiger partial charge in [0.25, 0.3) is 0 Å². The Hall–Kier alpha value is -2.57. The van der Waals surface area contributed by atoms with Crippen molar-refractivity contribution in [1.29, 1.82) is 0 Å². The lowest BCUT2D eigenvalue weighted by atomic mass is 10.2. The zero-order valence-corrected chi connectivity index (χ0v) is 17.9. The third-order valence-electron chi connectivity index (χ3n) is 3.90. The number of anilines is 1. The van der Waals surface area contributed by atoms with Crippen LogP contribution in [-0.4, -0.2) is 23.6 Å². The number of hydrogen-bond donors (Lipinski definition) is 1. The topological polar surface area (TPSA) is 60.5 Å². The molecule has 1 N–H and O–H groups in total. The second-order valence-corrected chi connectivity index (χ2v) is 7.98. The van der Waals surface area contributed by atoms with Gasteiger partial charge in [0, 0.05) is 22.4 Å². The summed E-state index contributed by atoms with van der Waals surface area (Å²) in [6, 6.07) is 14.9. The van der Waals surface area contributed by atoms with Crippen LogP contribution in [0.5, 0.6) is 11.5 Å². The van der Waals surface area contributed by atoms with Gasteiger partial charge in [-0.3, -0.25) is 4.79 Å². The number of amides is 1. The van der Waals surface area contributed by atoms with E-state index < -0.39 is 0 Å². The van der Waals surface area contributed by atoms with E-state index in [-0.39, 0.29) is 12.0 Å². The molecule has 0 aliphatic carbocycles. The Balaban J connectivity index is 1.44. The molecule has 0 aliphatic heterocycles. The van der Waals surface area contributed by atoms with Gasteiger partial charge in [0.15, 0.2) is 5.13 Å². The van der Waals surface area contributed by atoms with Crippen molar-refractivity contribution in [2.75, 3.05) is 11.9 Å². The highest BCUT2D eigenvalue weighted by molar-refractivity contribution is 7.14. The third kappa shape index (κ3) is 6.76. The quantitative estimate of drug-likeness (QED) is 0.420. The van der Waals surface area contributed by atoms with Crippen molar-refractivity contribution in [3.05, 3.63) is 58.9 Å². The van der Waals surface area contributed by atoms with Crippen molar-refractivity contribution in [3.8, 4) is 22.8 Å². The molecule has 1 amide bonds. The number of nitrogens with one attached hydrogen (secondary N) is 1. The molecule has 0 spiro atoms. The molecule has 0 atom stereocenters. The van der Waals surface area contributed by atoms with Crippen molar-refractivity contribution < 1.29 is 14.3 Å². The van der Waals surface area contributed by atoms with Crippen LogP contribution in [0.2, 0.25) is 5.02 Å². The molecule has 5 nitrogen and oxygen atoms in total. The lowest BCUT2D eigenvalue weighted by Gasteiger charge is -2.09. The van der Waals surface area contributed by atoms with E-state index in [0.717, 1.165) is 22.8 Å². The minimum atomic E-state index is -0.0775. The number of carbonyl (C=O) groups excluding carboxylic acids is 1. The average molecular weight is 431 g/mol. The maximum atomic E-state index is 12.1. The molecule has 3 rings (SSSR count). The first-order valence-corrected chi connectivity index (χ1v) is 10.7. The number of ether oxygens (including phenoxy) is 2. The van der Waals surface area contributed by atoms with E-state index in [1.54, 1.807) is 24.3 Å². The van der Waals surface area contributed by atoms with Crippen molar-refractivity contribution >= 4 is 34.0 Å². The smallest absolute Gasteiger partial charge is 0.226 e. The summed E-state index contributed by atoms with van der Waals surface area (Å²) in [6.07, 6.45) is 1.12. The Labute approximate surface area is 179 Å². The van der Waals surface area contributed by atoms with Crippen LogP contribution in [0.4, 0.5) is 5.13 Å². The molecule has 0 saturated heterocycles. The van der Waals surface area contributed by atoms with Crippen LogP contribution in [0, 0.1) is 0 Å². The fourth-order valence-corrected chi connectivity index (χ4v) is 3.44. The molecule has 152 valence electrons. The molecule has 0 unspecified atom stereocenters. The fourth-order valence-electron chi connectivity index (χ4n) is 2.58. The van der Waals surface area contributed by atoms with E-state index >= 15 is 0 Å². The lowest BCUT2D eigenvalue weighted by molar-refractivity contribution is -0.116. The van der Waals surface area contributed by atoms with Crippen LogP contribution in [0.3, 0.4) is 0 Å². The minimum absolute atomic E-state index is 0.0775. The van der Waals surface area contributed by atoms with E-state index in [4.69, 9.17) is 21.1 Å². The van der Waals surface area contributed by atoms with E-state index in [2.05, 4.69) is 10.3 Å². The molecule has 3 aromatic rings. The lowest BCUT2D eigenvalue weighted by Crippen LogP contribution is -2.12. The summed E-state index contributed by atoms with van der Waals surface area (Å²) in [4.78, 5) is 16.6. The predicted octanol–water partition coefficient (Wildman–Crippen LogP) is 6.05. The van der Waals surface area contributed by atoms with Gasteiger partial charge < -0.3 is 14.8 Å². The minimum Gasteiger partial charge on any atom is -0.494 e. The Morgan fingerprint density at radius 1 is 1.10 bits per heavy atom. The molecule has 0 fully saturated rings. The van der Waals surface area contributed by atoms with E-state index in [1.165, 1.54) is 11.3 Å². The highest BCUT2D eigenvalue weighted by Gasteiger charge is 2.09. The second-order valence-electron chi connectivity index (χ2n) is 6.68. The molecule has 7 heteroatoms. The molecule has 2 aromatic carbocycles. The van der Waals surface area contributed by atoms with Crippen LogP contribution >= 0.6 is 22.9 Å². The van der Waals surface area contributed by atoms with Gasteiger partial charge in [0.2, 0.25) is 5.91 Å². The van der Waals surface area contributed by atoms with Gasteiger partial charge >= 0.3 is 0 Å². The number of aromatic nitrogens is 1. The van der Waals surface area contributed by atoms with Crippen molar-refractivity contribution in [2.24, 2.45) is 0 Å². The molecule has 0 aliphatic rings. The molecular formula is C22H23ClN2O3S. The summed E-state index contributed by atoms with van der Waals surface area (Å²) >= 11 is 7.25. The summed E-state index contributed by atoms with van der Waals surface area (Å²) in [6.45, 7) is 4.45. The highest BCUT2D eigenvalue weighted by atomic mass is 35.5. The first-order chi connectivity index (χ1) is 14.0. The van der Waals surface area contributed by atoms with Gasteiger partial charge in [-0.15, -0.1) is 11.3 Å². The second kappa shape index (κ2) is 10.3. The Bertz CT molecular complexity index is 924. The largest absolute Gasteiger partial charge is 0.494 e. The average Bonchev–Trinajstić information content (AvgIpc) is 3.15. The number of carbonyl (C=O) groups is 1. The Morgan fingerprint density at radius 3 is 2.48 bits per heavy atom. The zero-order valence-electron chi connectivity index (χ0n) is 16.4. The Kier molecular flexibility index (Phi) is 7.49. The van der Waals surface area contributed by atoms with Gasteiger partial charge in [-0.05, 0) is 68.8 Å². The molecule has 1 aromatic heterocycles. The molecule has 0 radical (unpaired) electrons. The number of thiazole rings is 1. The molecule has 29 heavy (non-hydrogen) atoms. The molecule has 0 bridgehead atoms. The molecular weight excluding hydrogens is 408 g/mol. The van der Waals surface area contributed by atoms with Gasteiger partial charge in [0.05, 0.1) is 18.4 Å². The van der Waals surface area contributed by atoms with Crippen LogP contribution in [0.1, 0.15) is 26.7 Å². The normalized spacial score (nSPS) is 10.8. The summed E-state index contributed by atoms with van der Waals surface area (Å²) in [7, 11) is 0. The zero-order chi connectivity index (χ0) is 20.6. The van der Waals surface area contributed by atoms with Gasteiger partial charge in [0.1, 0.15) is 11.5 Å². The monoisotopic (exact) mass is 430 g/mol. The number of halogens is 1. The molecule has 0 saturated carbocycles. The third-order valence-corrected chi connectivity index (χ3v) is 4.91. The summed E-state index contributed by atoms with van der Waals surface area (Å²) in [5, 5.41) is 6.03. The highest BCUT2D eigenvalue weighted by Crippen LogP contribution is 2.27. The van der Waals surface area contributed by atoms with Gasteiger partial charge in [-0.2, -0.15) is 0 Å². The van der Waals surface area contributed by atoms with Crippen LogP contribution in [0.25, 0.3) is 11.3 Å². The van der Waals surface area contributed by atoms with E-state index in [9.17, 15) is 4.79 Å². The van der Waals surface area contributed by atoms with E-state index in [1.807, 2.05) is 43.5 Å². The summed E-state index contributed by atoms with van der Waals surface area (Å²) in [5.74, 6) is 1.49. The number of benzene rings is 2. The SMILES string of the molecule is CC(C)Oc1ccc(-c2csc(NC(=O)CCCOc3ccc(Cl)cc3)n2)cc1. The van der Waals surface area contributed by atoms with Crippen LogP contribution < -0.4 is 14.8 Å². The molecule has 1 heterocycles. The van der Waals surface area contributed by atoms with Crippen molar-refractivity contribution in [2.45, 2.75) is 32.8 Å². The standard InChI is InChI=1S/C22H23ClN2O3S/c1-15(2)28-19-9-5-16(6-10-19)20-14-29-22(24-20)25-21(26)4-3-13-27-18-11-7-17(23)8-12-18/h5-12,14-15H,3-4,13H2,1-2H3,(H,24,25,26). The fraction of sp³-hybridized carbons (Fsp3) is 0.273. The predicted molar refractivity (Wildman–Crippen MR) is 118 cm³/mol. The van der Waals surface area contributed by atoms with Crippen LogP contribution in [-0.2, 0) is 4.79 Å². The number of hydrogen-bond acceptors (Lipinski definition) is 5. The van der Waals surface area contributed by atoms with E-state index in [0.29, 0.717) is 29.6 Å². The summed E-state index contributed by atoms with van der Waals surface area (Å²) in [5.41, 5.74) is 1.81. The first kappa shape index (κ1) is 21.1. The summed E-state index contributed by atoms with van der Waals surface area (Å²) < 4.78 is 11.2. The number of rotatable bonds is 9. The Morgan fingerprint density at radius 2 is 1.79 bits per heavy atom. The maximum Gasteiger partial charge on any atom is 0.226 e. The van der Waals surface area contributed by atoms with Gasteiger partial charge in [-0.25, -0.2) is 4.98 Å². The maximum absolute atomic E-state index is 12.1.